The molecule has 56 heavy (non-hydrogen) atoms. The van der Waals surface area contributed by atoms with Gasteiger partial charge in [-0.25, -0.2) is 0 Å². The van der Waals surface area contributed by atoms with Crippen LogP contribution in [0.3, 0.4) is 0 Å². The van der Waals surface area contributed by atoms with E-state index in [-0.39, 0.29) is 14.0 Å². The molecule has 4 fully saturated rings. The predicted octanol–water partition coefficient (Wildman–Crippen LogP) is -11.1. The van der Waals surface area contributed by atoms with Crippen LogP contribution in [0.15, 0.2) is 11.6 Å². The summed E-state index contributed by atoms with van der Waals surface area (Å²) < 4.78 is 38.7. The van der Waals surface area contributed by atoms with Crippen molar-refractivity contribution in [3.8, 4) is 0 Å². The zero-order valence-electron chi connectivity index (χ0n) is 29.9. The Balaban J connectivity index is 0.00000696. The lowest BCUT2D eigenvalue weighted by Crippen LogP contribution is -2.68. The van der Waals surface area contributed by atoms with Crippen molar-refractivity contribution >= 4 is 8.41 Å². The van der Waals surface area contributed by atoms with Gasteiger partial charge < -0.3 is 120 Å². The Labute approximate surface area is 320 Å². The molecular formula is C31H53BNO23. The van der Waals surface area contributed by atoms with Crippen molar-refractivity contribution in [2.45, 2.75) is 154 Å². The Morgan fingerprint density at radius 2 is 0.929 bits per heavy atom. The van der Waals surface area contributed by atoms with Crippen LogP contribution in [0.4, 0.5) is 0 Å². The smallest absolute Gasteiger partial charge is 0.187 e. The number of nitrogens with one attached hydrogen (secondary N) is 1. The number of hydrogen-bond acceptors (Lipinski definition) is 24. The summed E-state index contributed by atoms with van der Waals surface area (Å²) in [4.78, 5) is 0. The third-order valence-electron chi connectivity index (χ3n) is 10.6. The summed E-state index contributed by atoms with van der Waals surface area (Å²) >= 11 is 0. The van der Waals surface area contributed by atoms with Crippen molar-refractivity contribution in [2.24, 2.45) is 0 Å². The van der Waals surface area contributed by atoms with E-state index >= 15 is 0 Å². The summed E-state index contributed by atoms with van der Waals surface area (Å²) in [6.45, 7) is -1.84. The Bertz CT molecular complexity index is 1260. The third kappa shape index (κ3) is 9.41. The maximum Gasteiger partial charge on any atom is 0.187 e. The molecule has 0 saturated carbocycles. The first kappa shape index (κ1) is 47.5. The molecule has 0 amide bonds. The minimum Gasteiger partial charge on any atom is -0.394 e. The molecule has 0 spiro atoms. The Morgan fingerprint density at radius 3 is 1.38 bits per heavy atom. The highest BCUT2D eigenvalue weighted by atomic mass is 16.8. The number of aliphatic hydroxyl groups is 16. The maximum absolute atomic E-state index is 11.1. The van der Waals surface area contributed by atoms with E-state index in [2.05, 4.69) is 5.32 Å². The van der Waals surface area contributed by atoms with Crippen LogP contribution in [0.2, 0.25) is 0 Å². The fourth-order valence-electron chi connectivity index (χ4n) is 7.30. The second kappa shape index (κ2) is 19.9. The van der Waals surface area contributed by atoms with Crippen LogP contribution in [-0.2, 0) is 33.2 Å². The highest BCUT2D eigenvalue weighted by molar-refractivity contribution is 5.75. The topological polar surface area (TPSA) is 400 Å². The molecule has 0 aromatic heterocycles. The second-order valence-corrected chi connectivity index (χ2v) is 14.2. The maximum atomic E-state index is 11.1. The molecule has 3 radical (unpaired) electrons. The van der Waals surface area contributed by atoms with E-state index in [1.54, 1.807) is 0 Å². The third-order valence-corrected chi connectivity index (χ3v) is 10.6. The Kier molecular flexibility index (Phi) is 16.9. The van der Waals surface area contributed by atoms with Gasteiger partial charge in [-0.1, -0.05) is 6.08 Å². The summed E-state index contributed by atoms with van der Waals surface area (Å²) in [6.07, 6.45) is -36.9. The molecule has 24 nitrogen and oxygen atoms in total. The number of ether oxygens (including phenoxy) is 7. The molecule has 4 saturated heterocycles. The van der Waals surface area contributed by atoms with Crippen molar-refractivity contribution in [1.82, 2.24) is 5.32 Å². The summed E-state index contributed by atoms with van der Waals surface area (Å²) in [7, 11) is 0. The van der Waals surface area contributed by atoms with E-state index in [4.69, 9.17) is 33.2 Å². The molecular weight excluding hydrogens is 765 g/mol. The van der Waals surface area contributed by atoms with Gasteiger partial charge in [0, 0.05) is 8.41 Å². The molecule has 25 heteroatoms. The van der Waals surface area contributed by atoms with Crippen LogP contribution in [0.1, 0.15) is 6.92 Å². The van der Waals surface area contributed by atoms with Gasteiger partial charge in [0.05, 0.1) is 44.6 Å². The Hall–Kier alpha value is -1.16. The van der Waals surface area contributed by atoms with Gasteiger partial charge in [-0.05, 0) is 12.5 Å². The first-order valence-electron chi connectivity index (χ1n) is 17.6. The van der Waals surface area contributed by atoms with Crippen LogP contribution in [0.5, 0.6) is 0 Å². The minimum absolute atomic E-state index is 0. The van der Waals surface area contributed by atoms with Crippen molar-refractivity contribution in [2.75, 3.05) is 26.4 Å². The lowest BCUT2D eigenvalue weighted by molar-refractivity contribution is -0.385. The molecule has 5 aliphatic rings. The van der Waals surface area contributed by atoms with E-state index in [0.29, 0.717) is 0 Å². The van der Waals surface area contributed by atoms with Crippen LogP contribution in [0.25, 0.3) is 0 Å². The molecule has 0 bridgehead atoms. The van der Waals surface area contributed by atoms with E-state index in [1.807, 2.05) is 0 Å². The molecule has 5 rings (SSSR count). The lowest BCUT2D eigenvalue weighted by atomic mass is 9.86. The van der Waals surface area contributed by atoms with Gasteiger partial charge in [0.2, 0.25) is 0 Å². The van der Waals surface area contributed by atoms with Gasteiger partial charge in [0.15, 0.2) is 25.2 Å². The molecule has 1 aliphatic carbocycles. The van der Waals surface area contributed by atoms with Gasteiger partial charge in [-0.3, -0.25) is 0 Å². The molecule has 0 aromatic carbocycles. The lowest BCUT2D eigenvalue weighted by Gasteiger charge is -2.49. The normalized spacial score (nSPS) is 51.6. The van der Waals surface area contributed by atoms with E-state index in [0.717, 1.165) is 0 Å². The quantitative estimate of drug-likeness (QED) is 0.0642. The highest BCUT2D eigenvalue weighted by Crippen LogP contribution is 2.34. The fourth-order valence-corrected chi connectivity index (χ4v) is 7.30. The fraction of sp³-hybridized carbons (Fsp3) is 0.935. The SMILES string of the molecule is CC1OC(OC2C(CO)OC(OC3C(CO)OC(OC4C(CO)OC(O)C(O)C4O)C(O)C3O)C(O)C2O)C(O)C(O)C1NC1C=C(CO)C(O)C(O)C1O.[B]. The molecule has 4 aliphatic heterocycles. The molecule has 323 valence electrons. The number of rotatable bonds is 12. The van der Waals surface area contributed by atoms with E-state index < -0.39 is 174 Å². The molecule has 0 aromatic rings. The van der Waals surface area contributed by atoms with Gasteiger partial charge >= 0.3 is 0 Å². The summed E-state index contributed by atoms with van der Waals surface area (Å²) in [6, 6.07) is -2.26. The van der Waals surface area contributed by atoms with Crippen LogP contribution >= 0.6 is 0 Å². The summed E-state index contributed by atoms with van der Waals surface area (Å²) in [5.74, 6) is 0. The van der Waals surface area contributed by atoms with Crippen LogP contribution in [0, 0.1) is 0 Å². The van der Waals surface area contributed by atoms with Crippen LogP contribution in [-0.4, -0.2) is 264 Å². The summed E-state index contributed by atoms with van der Waals surface area (Å²) in [5, 5.41) is 169. The van der Waals surface area contributed by atoms with Gasteiger partial charge in [-0.15, -0.1) is 0 Å². The number of aliphatic hydroxyl groups excluding tert-OH is 16. The molecule has 24 unspecified atom stereocenters. The standard InChI is InChI=1S/C31H53NO23.B/c1-7-13(32-9-2-8(3-33)14(37)17(40)15(9)38)16(39)22(45)29(49-7)53-26-11(5-35)51-31(23(46)19(26)42)55-27-12(6-36)52-30(24(47)20(27)43)54-25-10(4-34)50-28(48)21(44)18(25)41;/h2,7,9-48H,3-6H2,1H3;. The molecule has 4 heterocycles. The zero-order chi connectivity index (χ0) is 40.6. The zero-order valence-corrected chi connectivity index (χ0v) is 29.9. The van der Waals surface area contributed by atoms with E-state index in [9.17, 15) is 81.7 Å². The first-order chi connectivity index (χ1) is 26.0. The van der Waals surface area contributed by atoms with E-state index in [1.165, 1.54) is 13.0 Å². The number of hydrogen-bond donors (Lipinski definition) is 17. The predicted molar refractivity (Wildman–Crippen MR) is 176 cm³/mol. The average Bonchev–Trinajstić information content (AvgIpc) is 3.17. The average molecular weight is 819 g/mol. The first-order valence-corrected chi connectivity index (χ1v) is 17.6. The van der Waals surface area contributed by atoms with Crippen molar-refractivity contribution in [1.29, 1.82) is 0 Å². The largest absolute Gasteiger partial charge is 0.394 e. The highest BCUT2D eigenvalue weighted by Gasteiger charge is 2.55. The van der Waals surface area contributed by atoms with Crippen molar-refractivity contribution in [3.63, 3.8) is 0 Å². The Morgan fingerprint density at radius 1 is 0.518 bits per heavy atom. The molecule has 24 atom stereocenters. The van der Waals surface area contributed by atoms with Crippen LogP contribution < -0.4 is 5.32 Å². The second-order valence-electron chi connectivity index (χ2n) is 14.2. The van der Waals surface area contributed by atoms with Gasteiger partial charge in [-0.2, -0.15) is 0 Å². The summed E-state index contributed by atoms with van der Waals surface area (Å²) in [5.41, 5.74) is -0.00324. The monoisotopic (exact) mass is 818 g/mol. The van der Waals surface area contributed by atoms with Gasteiger partial charge in [0.25, 0.3) is 0 Å². The minimum atomic E-state index is -2.04. The van der Waals surface area contributed by atoms with Crippen molar-refractivity contribution < 1.29 is 115 Å². The van der Waals surface area contributed by atoms with Gasteiger partial charge in [0.1, 0.15) is 104 Å². The molecule has 17 N–H and O–H groups in total. The van der Waals surface area contributed by atoms with Crippen molar-refractivity contribution in [3.05, 3.63) is 11.6 Å².